The highest BCUT2D eigenvalue weighted by Gasteiger charge is 2.32. The zero-order chi connectivity index (χ0) is 21.0. The molecular formula is C26H37F3O. The Hall–Kier alpha value is -1.19. The molecule has 0 unspecified atom stereocenters. The summed E-state index contributed by atoms with van der Waals surface area (Å²) in [4.78, 5) is 0. The van der Waals surface area contributed by atoms with Gasteiger partial charge < -0.3 is 4.74 Å². The molecular weight excluding hydrogens is 385 g/mol. The second-order valence-corrected chi connectivity index (χ2v) is 10.2. The van der Waals surface area contributed by atoms with Gasteiger partial charge in [-0.2, -0.15) is 0 Å². The van der Waals surface area contributed by atoms with Crippen LogP contribution >= 0.6 is 0 Å². The van der Waals surface area contributed by atoms with E-state index in [1.165, 1.54) is 102 Å². The first-order valence-corrected chi connectivity index (χ1v) is 12.3. The lowest BCUT2D eigenvalue weighted by atomic mass is 9.72. The predicted octanol–water partition coefficient (Wildman–Crippen LogP) is 8.64. The minimum atomic E-state index is -4.62. The van der Waals surface area contributed by atoms with Crippen molar-refractivity contribution in [3.05, 3.63) is 29.8 Å². The average Bonchev–Trinajstić information content (AvgIpc) is 3.27. The topological polar surface area (TPSA) is 9.23 Å². The third-order valence-corrected chi connectivity index (χ3v) is 8.37. The van der Waals surface area contributed by atoms with E-state index >= 15 is 0 Å². The van der Waals surface area contributed by atoms with Gasteiger partial charge in [0.1, 0.15) is 5.75 Å². The van der Waals surface area contributed by atoms with Crippen molar-refractivity contribution in [2.24, 2.45) is 23.7 Å². The van der Waals surface area contributed by atoms with E-state index in [2.05, 4.69) is 4.74 Å². The number of halogens is 3. The van der Waals surface area contributed by atoms with Gasteiger partial charge in [0.2, 0.25) is 0 Å². The largest absolute Gasteiger partial charge is 0.573 e. The molecule has 30 heavy (non-hydrogen) atoms. The highest BCUT2D eigenvalue weighted by molar-refractivity contribution is 5.29. The van der Waals surface area contributed by atoms with Crippen LogP contribution in [0.15, 0.2) is 24.3 Å². The van der Waals surface area contributed by atoms with Crippen molar-refractivity contribution in [3.63, 3.8) is 0 Å². The van der Waals surface area contributed by atoms with Crippen LogP contribution in [0.1, 0.15) is 101 Å². The van der Waals surface area contributed by atoms with Gasteiger partial charge in [-0.1, -0.05) is 63.5 Å². The molecule has 4 rings (SSSR count). The monoisotopic (exact) mass is 422 g/mol. The molecule has 3 aliphatic rings. The molecule has 0 spiro atoms. The van der Waals surface area contributed by atoms with Crippen molar-refractivity contribution in [2.45, 2.75) is 102 Å². The summed E-state index contributed by atoms with van der Waals surface area (Å²) in [7, 11) is 0. The van der Waals surface area contributed by atoms with Crippen molar-refractivity contribution >= 4 is 0 Å². The second-order valence-electron chi connectivity index (χ2n) is 10.2. The lowest BCUT2D eigenvalue weighted by Gasteiger charge is -2.34. The Morgan fingerprint density at radius 2 is 1.17 bits per heavy atom. The Labute approximate surface area is 179 Å². The number of ether oxygens (including phenoxy) is 1. The summed E-state index contributed by atoms with van der Waals surface area (Å²) >= 11 is 0. The van der Waals surface area contributed by atoms with Crippen molar-refractivity contribution in [1.82, 2.24) is 0 Å². The van der Waals surface area contributed by atoms with Crippen LogP contribution in [0.3, 0.4) is 0 Å². The van der Waals surface area contributed by atoms with E-state index in [9.17, 15) is 13.2 Å². The van der Waals surface area contributed by atoms with E-state index in [0.29, 0.717) is 5.92 Å². The normalized spacial score (nSPS) is 31.0. The smallest absolute Gasteiger partial charge is 0.406 e. The van der Waals surface area contributed by atoms with Gasteiger partial charge in [0.15, 0.2) is 0 Å². The van der Waals surface area contributed by atoms with Crippen molar-refractivity contribution in [1.29, 1.82) is 0 Å². The van der Waals surface area contributed by atoms with E-state index in [0.717, 1.165) is 29.2 Å². The molecule has 3 fully saturated rings. The maximum atomic E-state index is 12.3. The molecule has 0 aliphatic heterocycles. The van der Waals surface area contributed by atoms with Crippen LogP contribution in [0, 0.1) is 23.7 Å². The van der Waals surface area contributed by atoms with E-state index in [-0.39, 0.29) is 5.75 Å². The number of hydrogen-bond acceptors (Lipinski definition) is 1. The van der Waals surface area contributed by atoms with Gasteiger partial charge in [-0.25, -0.2) is 0 Å². The first kappa shape index (κ1) is 22.0. The zero-order valence-corrected chi connectivity index (χ0v) is 18.1. The highest BCUT2D eigenvalue weighted by atomic mass is 19.4. The van der Waals surface area contributed by atoms with Gasteiger partial charge >= 0.3 is 6.36 Å². The van der Waals surface area contributed by atoms with Gasteiger partial charge in [0.25, 0.3) is 0 Å². The maximum absolute atomic E-state index is 12.3. The van der Waals surface area contributed by atoms with E-state index in [4.69, 9.17) is 0 Å². The minimum absolute atomic E-state index is 0.123. The van der Waals surface area contributed by atoms with Crippen LogP contribution < -0.4 is 4.74 Å². The third kappa shape index (κ3) is 6.17. The number of alkyl halides is 3. The molecule has 0 radical (unpaired) electrons. The van der Waals surface area contributed by atoms with Gasteiger partial charge in [0, 0.05) is 0 Å². The molecule has 4 heteroatoms. The third-order valence-electron chi connectivity index (χ3n) is 8.37. The summed E-state index contributed by atoms with van der Waals surface area (Å²) < 4.78 is 40.9. The first-order valence-electron chi connectivity index (χ1n) is 12.3. The molecule has 1 aromatic carbocycles. The first-order chi connectivity index (χ1) is 14.5. The lowest BCUT2D eigenvalue weighted by Crippen LogP contribution is -2.21. The Bertz CT molecular complexity index is 631. The van der Waals surface area contributed by atoms with Crippen LogP contribution in [0.2, 0.25) is 0 Å². The van der Waals surface area contributed by atoms with E-state index in [1.807, 2.05) is 12.1 Å². The summed E-state index contributed by atoms with van der Waals surface area (Å²) in [5, 5.41) is 0. The fourth-order valence-corrected chi connectivity index (χ4v) is 6.57. The molecule has 0 N–H and O–H groups in total. The maximum Gasteiger partial charge on any atom is 0.573 e. The molecule has 0 amide bonds. The van der Waals surface area contributed by atoms with Gasteiger partial charge in [-0.15, -0.1) is 13.2 Å². The zero-order valence-electron chi connectivity index (χ0n) is 18.1. The Morgan fingerprint density at radius 3 is 1.70 bits per heavy atom. The number of rotatable bonds is 6. The Kier molecular flexibility index (Phi) is 7.31. The van der Waals surface area contributed by atoms with Crippen LogP contribution in [-0.2, 0) is 0 Å². The Balaban J connectivity index is 1.15. The quantitative estimate of drug-likeness (QED) is 0.446. The minimum Gasteiger partial charge on any atom is -0.406 e. The van der Waals surface area contributed by atoms with E-state index in [1.54, 1.807) is 0 Å². The molecule has 1 aromatic rings. The van der Waals surface area contributed by atoms with Gasteiger partial charge in [-0.05, 0) is 85.8 Å². The van der Waals surface area contributed by atoms with Crippen LogP contribution in [0.25, 0.3) is 0 Å². The molecule has 1 nitrogen and oxygen atoms in total. The lowest BCUT2D eigenvalue weighted by molar-refractivity contribution is -0.274. The second kappa shape index (κ2) is 9.96. The summed E-state index contributed by atoms with van der Waals surface area (Å²) in [6.45, 7) is 0. The average molecular weight is 423 g/mol. The number of benzene rings is 1. The number of hydrogen-bond donors (Lipinski definition) is 0. The summed E-state index contributed by atoms with van der Waals surface area (Å²) in [5.74, 6) is 4.26. The fourth-order valence-electron chi connectivity index (χ4n) is 6.57. The van der Waals surface area contributed by atoms with Crippen molar-refractivity contribution < 1.29 is 17.9 Å². The van der Waals surface area contributed by atoms with Crippen molar-refractivity contribution in [3.8, 4) is 5.75 Å². The molecule has 3 saturated carbocycles. The van der Waals surface area contributed by atoms with E-state index < -0.39 is 6.36 Å². The predicted molar refractivity (Wildman–Crippen MR) is 114 cm³/mol. The molecule has 0 heterocycles. The molecule has 0 aromatic heterocycles. The van der Waals surface area contributed by atoms with Gasteiger partial charge in [-0.3, -0.25) is 0 Å². The summed E-state index contributed by atoms with van der Waals surface area (Å²) in [5.41, 5.74) is 1.16. The standard InChI is InChI=1S/C26H37F3O/c27-26(28,29)30-25-17-15-24(16-18-25)23-13-9-20(10-14-23)6-5-19-7-11-22(12-8-19)21-3-1-2-4-21/h15-23H,1-14H2/t19-,20?,22-,23?. The van der Waals surface area contributed by atoms with Gasteiger partial charge in [0.05, 0.1) is 0 Å². The Morgan fingerprint density at radius 1 is 0.667 bits per heavy atom. The SMILES string of the molecule is FC(F)(F)Oc1ccc(C2CCC(CC[C@H]3CC[C@H](C4CCCC4)CC3)CC2)cc1. The molecule has 168 valence electrons. The molecule has 0 atom stereocenters. The fraction of sp³-hybridized carbons (Fsp3) is 0.769. The van der Waals surface area contributed by atoms with Crippen molar-refractivity contribution in [2.75, 3.05) is 0 Å². The highest BCUT2D eigenvalue weighted by Crippen LogP contribution is 2.43. The van der Waals surface area contributed by atoms with Crippen LogP contribution in [0.5, 0.6) is 5.75 Å². The van der Waals surface area contributed by atoms with Crippen LogP contribution in [0.4, 0.5) is 13.2 Å². The summed E-state index contributed by atoms with van der Waals surface area (Å²) in [6, 6.07) is 6.54. The molecule has 0 saturated heterocycles. The summed E-state index contributed by atoms with van der Waals surface area (Å²) in [6.07, 6.45) is 14.9. The molecule has 0 bridgehead atoms. The molecule has 3 aliphatic carbocycles. The van der Waals surface area contributed by atoms with Crippen LogP contribution in [-0.4, -0.2) is 6.36 Å².